The Morgan fingerprint density at radius 1 is 1.15 bits per heavy atom. The molecule has 2 N–H and O–H groups in total. The van der Waals surface area contributed by atoms with Crippen molar-refractivity contribution in [3.05, 3.63) is 59.5 Å². The van der Waals surface area contributed by atoms with Gasteiger partial charge < -0.3 is 5.32 Å². The molecule has 2 aliphatic rings. The molecule has 0 bridgehead atoms. The predicted octanol–water partition coefficient (Wildman–Crippen LogP) is 3.24. The average molecular weight is 478 g/mol. The number of nitrogens with one attached hydrogen (secondary N) is 2. The van der Waals surface area contributed by atoms with Gasteiger partial charge in [0.05, 0.1) is 23.4 Å². The minimum atomic E-state index is -4.10. The first-order valence-corrected chi connectivity index (χ1v) is 12.7. The highest BCUT2D eigenvalue weighted by Crippen LogP contribution is 2.40. The molecule has 4 aromatic rings. The zero-order valence-corrected chi connectivity index (χ0v) is 19.3. The van der Waals surface area contributed by atoms with Crippen molar-refractivity contribution in [3.8, 4) is 11.1 Å². The van der Waals surface area contributed by atoms with Crippen LogP contribution < -0.4 is 10.0 Å². The van der Waals surface area contributed by atoms with Gasteiger partial charge in [-0.2, -0.15) is 13.5 Å². The van der Waals surface area contributed by atoms with Crippen LogP contribution in [0.3, 0.4) is 0 Å². The van der Waals surface area contributed by atoms with Crippen molar-refractivity contribution in [3.63, 3.8) is 0 Å². The number of carbonyl (C=O) groups excluding carboxylic acids is 1. The number of rotatable bonds is 5. The lowest BCUT2D eigenvalue weighted by Crippen LogP contribution is -2.35. The van der Waals surface area contributed by atoms with Crippen molar-refractivity contribution in [2.24, 2.45) is 0 Å². The molecule has 6 rings (SSSR count). The molecule has 11 heteroatoms. The third-order valence-electron chi connectivity index (χ3n) is 6.43. The van der Waals surface area contributed by atoms with E-state index in [1.54, 1.807) is 21.6 Å². The maximum atomic E-state index is 13.0. The number of anilines is 1. The van der Waals surface area contributed by atoms with Gasteiger partial charge in [0.2, 0.25) is 0 Å². The quantitative estimate of drug-likeness (QED) is 0.455. The predicted molar refractivity (Wildman–Crippen MR) is 125 cm³/mol. The van der Waals surface area contributed by atoms with E-state index >= 15 is 0 Å². The van der Waals surface area contributed by atoms with Crippen molar-refractivity contribution in [2.75, 3.05) is 5.32 Å². The lowest BCUT2D eigenvalue weighted by molar-refractivity contribution is 0.256. The van der Waals surface area contributed by atoms with Gasteiger partial charge in [0, 0.05) is 18.0 Å². The van der Waals surface area contributed by atoms with Crippen LogP contribution in [-0.4, -0.2) is 39.1 Å². The normalized spacial score (nSPS) is 15.4. The number of benzene rings is 1. The van der Waals surface area contributed by atoms with E-state index in [0.717, 1.165) is 59.9 Å². The first-order valence-electron chi connectivity index (χ1n) is 11.2. The van der Waals surface area contributed by atoms with Gasteiger partial charge in [-0.3, -0.25) is 4.68 Å². The molecule has 0 spiro atoms. The Labute approximate surface area is 196 Å². The number of pyridine rings is 1. The molecule has 3 aromatic heterocycles. The molecule has 0 radical (unpaired) electrons. The van der Waals surface area contributed by atoms with Crippen LogP contribution in [0.25, 0.3) is 16.6 Å². The lowest BCUT2D eigenvalue weighted by atomic mass is 9.93. The van der Waals surface area contributed by atoms with Crippen molar-refractivity contribution >= 4 is 27.3 Å². The number of urea groups is 1. The summed E-state index contributed by atoms with van der Waals surface area (Å²) in [5, 5.41) is 14.8. The number of aromatic nitrogens is 5. The standard InChI is InChI=1S/C23H23N7O3S/c1-14-11-15-3-2-4-19(15)22(21(14)16-7-9-30-18(12-16)13-24-28-30)25-23(31)27-34(32,33)20-8-10-29(26-20)17-5-6-17/h7-13,17H,2-6H2,1H3,(H2,25,27,31). The summed E-state index contributed by atoms with van der Waals surface area (Å²) in [7, 11) is -4.10. The molecule has 34 heavy (non-hydrogen) atoms. The van der Waals surface area contributed by atoms with E-state index in [-0.39, 0.29) is 11.1 Å². The van der Waals surface area contributed by atoms with Crippen LogP contribution in [0.4, 0.5) is 10.5 Å². The van der Waals surface area contributed by atoms with Gasteiger partial charge >= 0.3 is 6.03 Å². The van der Waals surface area contributed by atoms with Crippen molar-refractivity contribution in [1.82, 2.24) is 29.3 Å². The maximum Gasteiger partial charge on any atom is 0.333 e. The third kappa shape index (κ3) is 3.61. The minimum Gasteiger partial charge on any atom is -0.306 e. The zero-order chi connectivity index (χ0) is 23.4. The number of hydrogen-bond donors (Lipinski definition) is 2. The fourth-order valence-corrected chi connectivity index (χ4v) is 5.55. The Bertz CT molecular complexity index is 1550. The lowest BCUT2D eigenvalue weighted by Gasteiger charge is -2.19. The first-order chi connectivity index (χ1) is 16.4. The molecule has 1 aromatic carbocycles. The molecule has 2 aliphatic carbocycles. The second-order valence-electron chi connectivity index (χ2n) is 8.88. The Morgan fingerprint density at radius 2 is 2.00 bits per heavy atom. The van der Waals surface area contributed by atoms with E-state index < -0.39 is 16.1 Å². The molecule has 1 saturated carbocycles. The highest BCUT2D eigenvalue weighted by molar-refractivity contribution is 7.90. The number of nitrogens with zero attached hydrogens (tertiary/aromatic N) is 5. The SMILES string of the molecule is Cc1cc2c(c(NC(=O)NS(=O)(=O)c3ccn(C4CC4)n3)c1-c1ccn3nncc3c1)CCC2. The smallest absolute Gasteiger partial charge is 0.306 e. The molecule has 0 aliphatic heterocycles. The van der Waals surface area contributed by atoms with Crippen molar-refractivity contribution < 1.29 is 13.2 Å². The van der Waals surface area contributed by atoms with Crippen molar-refractivity contribution in [2.45, 2.75) is 50.1 Å². The number of fused-ring (bicyclic) bond motifs is 2. The summed E-state index contributed by atoms with van der Waals surface area (Å²) >= 11 is 0. The largest absolute Gasteiger partial charge is 0.333 e. The Balaban J connectivity index is 1.35. The minimum absolute atomic E-state index is 0.164. The van der Waals surface area contributed by atoms with Gasteiger partial charge in [-0.15, -0.1) is 5.10 Å². The van der Waals surface area contributed by atoms with E-state index in [4.69, 9.17) is 0 Å². The molecule has 10 nitrogen and oxygen atoms in total. The Hall–Kier alpha value is -3.73. The van der Waals surface area contributed by atoms with Gasteiger partial charge in [-0.25, -0.2) is 14.0 Å². The van der Waals surface area contributed by atoms with Gasteiger partial charge in [-0.05, 0) is 79.5 Å². The average Bonchev–Trinajstić information content (AvgIpc) is 3.19. The van der Waals surface area contributed by atoms with E-state index in [1.807, 2.05) is 25.3 Å². The van der Waals surface area contributed by atoms with E-state index in [0.29, 0.717) is 5.69 Å². The van der Waals surface area contributed by atoms with E-state index in [1.165, 1.54) is 11.6 Å². The summed E-state index contributed by atoms with van der Waals surface area (Å²) in [6.07, 6.45) is 9.81. The molecule has 0 atom stereocenters. The number of amides is 2. The number of hydrogen-bond acceptors (Lipinski definition) is 6. The fraction of sp³-hybridized carbons (Fsp3) is 0.304. The van der Waals surface area contributed by atoms with Gasteiger partial charge in [0.15, 0.2) is 5.03 Å². The second-order valence-corrected chi connectivity index (χ2v) is 10.5. The van der Waals surface area contributed by atoms with Crippen LogP contribution in [0.1, 0.15) is 42.0 Å². The third-order valence-corrected chi connectivity index (χ3v) is 7.66. The zero-order valence-electron chi connectivity index (χ0n) is 18.5. The topological polar surface area (TPSA) is 123 Å². The highest BCUT2D eigenvalue weighted by Gasteiger charge is 2.28. The van der Waals surface area contributed by atoms with Gasteiger partial charge in [0.1, 0.15) is 0 Å². The van der Waals surface area contributed by atoms with Crippen molar-refractivity contribution in [1.29, 1.82) is 0 Å². The number of sulfonamides is 1. The second kappa shape index (κ2) is 7.66. The Morgan fingerprint density at radius 3 is 2.82 bits per heavy atom. The molecule has 3 heterocycles. The highest BCUT2D eigenvalue weighted by atomic mass is 32.2. The number of aryl methyl sites for hydroxylation is 2. The van der Waals surface area contributed by atoms with Crippen LogP contribution in [0.2, 0.25) is 0 Å². The molecule has 2 amide bonds. The van der Waals surface area contributed by atoms with Crippen LogP contribution in [0, 0.1) is 6.92 Å². The molecule has 1 fully saturated rings. The summed E-state index contributed by atoms with van der Waals surface area (Å²) in [6.45, 7) is 2.00. The van der Waals surface area contributed by atoms with E-state index in [2.05, 4.69) is 31.5 Å². The van der Waals surface area contributed by atoms with Gasteiger partial charge in [0.25, 0.3) is 10.0 Å². The summed E-state index contributed by atoms with van der Waals surface area (Å²) in [5.41, 5.74) is 6.42. The van der Waals surface area contributed by atoms with Crippen LogP contribution in [0.15, 0.2) is 47.9 Å². The molecular formula is C23H23N7O3S. The monoisotopic (exact) mass is 477 g/mol. The maximum absolute atomic E-state index is 13.0. The van der Waals surface area contributed by atoms with Crippen LogP contribution >= 0.6 is 0 Å². The van der Waals surface area contributed by atoms with Crippen LogP contribution in [-0.2, 0) is 22.9 Å². The summed E-state index contributed by atoms with van der Waals surface area (Å²) in [4.78, 5) is 13.0. The summed E-state index contributed by atoms with van der Waals surface area (Å²) in [5.74, 6) is 0. The molecular weight excluding hydrogens is 454 g/mol. The fourth-order valence-electron chi connectivity index (χ4n) is 4.71. The summed E-state index contributed by atoms with van der Waals surface area (Å²) in [6, 6.07) is 6.87. The first kappa shape index (κ1) is 20.8. The van der Waals surface area contributed by atoms with Crippen LogP contribution in [0.5, 0.6) is 0 Å². The summed E-state index contributed by atoms with van der Waals surface area (Å²) < 4.78 is 31.0. The number of carbonyl (C=O) groups is 1. The molecule has 0 unspecified atom stereocenters. The van der Waals surface area contributed by atoms with Gasteiger partial charge in [-0.1, -0.05) is 11.3 Å². The Kier molecular flexibility index (Phi) is 4.70. The molecule has 174 valence electrons. The van der Waals surface area contributed by atoms with E-state index in [9.17, 15) is 13.2 Å². The molecule has 0 saturated heterocycles.